The lowest BCUT2D eigenvalue weighted by Gasteiger charge is -1.98. The average Bonchev–Trinajstić information content (AvgIpc) is 2.08. The van der Waals surface area contributed by atoms with E-state index in [4.69, 9.17) is 10.8 Å². The number of aromatic nitrogens is 1. The molecule has 0 aliphatic heterocycles. The number of carboxylic acids is 1. The molecule has 0 aliphatic carbocycles. The first-order valence-electron chi connectivity index (χ1n) is 3.72. The van der Waals surface area contributed by atoms with Crippen LogP contribution in [0.5, 0.6) is 0 Å². The zero-order valence-electron chi connectivity index (χ0n) is 7.19. The second-order valence-corrected chi connectivity index (χ2v) is 2.64. The fourth-order valence-corrected chi connectivity index (χ4v) is 0.844. The second-order valence-electron chi connectivity index (χ2n) is 2.64. The monoisotopic (exact) mass is 178 g/mol. The van der Waals surface area contributed by atoms with Crippen LogP contribution in [0.4, 0.5) is 5.69 Å². The van der Waals surface area contributed by atoms with Crippen molar-refractivity contribution < 1.29 is 9.90 Å². The number of hydrogen-bond donors (Lipinski definition) is 2. The molecule has 0 saturated carbocycles. The van der Waals surface area contributed by atoms with E-state index in [-0.39, 0.29) is 5.57 Å². The number of hydrogen-bond acceptors (Lipinski definition) is 3. The molecule has 0 radical (unpaired) electrons. The van der Waals surface area contributed by atoms with E-state index in [9.17, 15) is 4.79 Å². The summed E-state index contributed by atoms with van der Waals surface area (Å²) in [6.07, 6.45) is 4.57. The van der Waals surface area contributed by atoms with Gasteiger partial charge in [0.05, 0.1) is 11.9 Å². The van der Waals surface area contributed by atoms with Crippen molar-refractivity contribution in [2.45, 2.75) is 6.92 Å². The Bertz CT molecular complexity index is 358. The quantitative estimate of drug-likeness (QED) is 0.666. The minimum Gasteiger partial charge on any atom is -0.478 e. The summed E-state index contributed by atoms with van der Waals surface area (Å²) in [5.41, 5.74) is 6.97. The molecule has 0 aromatic carbocycles. The molecule has 4 heteroatoms. The van der Waals surface area contributed by atoms with Gasteiger partial charge in [0.2, 0.25) is 0 Å². The highest BCUT2D eigenvalue weighted by atomic mass is 16.4. The minimum atomic E-state index is -0.948. The summed E-state index contributed by atoms with van der Waals surface area (Å²) in [5, 5.41) is 8.61. The van der Waals surface area contributed by atoms with Gasteiger partial charge in [-0.05, 0) is 19.1 Å². The number of nitrogen functional groups attached to an aromatic ring is 1. The van der Waals surface area contributed by atoms with E-state index in [1.807, 2.05) is 0 Å². The summed E-state index contributed by atoms with van der Waals surface area (Å²) in [6, 6.07) is 1.67. The van der Waals surface area contributed by atoms with E-state index in [1.165, 1.54) is 19.2 Å². The molecule has 1 aromatic heterocycles. The molecule has 4 nitrogen and oxygen atoms in total. The van der Waals surface area contributed by atoms with Gasteiger partial charge < -0.3 is 10.8 Å². The predicted octanol–water partition coefficient (Wildman–Crippen LogP) is 1.15. The zero-order valence-corrected chi connectivity index (χ0v) is 7.19. The van der Waals surface area contributed by atoms with Gasteiger partial charge in [0, 0.05) is 17.3 Å². The Balaban J connectivity index is 3.04. The van der Waals surface area contributed by atoms with Crippen molar-refractivity contribution >= 4 is 17.7 Å². The first-order chi connectivity index (χ1) is 6.11. The van der Waals surface area contributed by atoms with Crippen molar-refractivity contribution in [3.8, 4) is 0 Å². The van der Waals surface area contributed by atoms with Crippen molar-refractivity contribution in [3.05, 3.63) is 29.6 Å². The SMILES string of the molecule is C/C(=C\c1ccncc1N)C(=O)O. The van der Waals surface area contributed by atoms with Crippen LogP contribution in [-0.2, 0) is 4.79 Å². The second kappa shape index (κ2) is 3.71. The molecular weight excluding hydrogens is 168 g/mol. The Labute approximate surface area is 75.7 Å². The van der Waals surface area contributed by atoms with E-state index in [0.717, 1.165) is 0 Å². The summed E-state index contributed by atoms with van der Waals surface area (Å²) in [7, 11) is 0. The lowest BCUT2D eigenvalue weighted by atomic mass is 10.1. The summed E-state index contributed by atoms with van der Waals surface area (Å²) in [4.78, 5) is 14.3. The molecule has 0 amide bonds. The van der Waals surface area contributed by atoms with Crippen LogP contribution in [0, 0.1) is 0 Å². The molecule has 68 valence electrons. The summed E-state index contributed by atoms with van der Waals surface area (Å²) in [5.74, 6) is -0.948. The normalized spacial score (nSPS) is 11.3. The maximum Gasteiger partial charge on any atom is 0.331 e. The van der Waals surface area contributed by atoms with E-state index in [2.05, 4.69) is 4.98 Å². The standard InChI is InChI=1S/C9H10N2O2/c1-6(9(12)13)4-7-2-3-11-5-8(7)10/h2-5H,10H2,1H3,(H,12,13)/b6-4+. The Morgan fingerprint density at radius 2 is 2.38 bits per heavy atom. The molecule has 0 spiro atoms. The highest BCUT2D eigenvalue weighted by molar-refractivity contribution is 5.92. The van der Waals surface area contributed by atoms with Crippen molar-refractivity contribution in [2.75, 3.05) is 5.73 Å². The van der Waals surface area contributed by atoms with Crippen LogP contribution in [-0.4, -0.2) is 16.1 Å². The molecule has 0 aliphatic rings. The number of carboxylic acid groups (broad SMARTS) is 1. The Hall–Kier alpha value is -1.84. The molecule has 1 heterocycles. The first-order valence-corrected chi connectivity index (χ1v) is 3.72. The van der Waals surface area contributed by atoms with Crippen LogP contribution in [0.15, 0.2) is 24.0 Å². The topological polar surface area (TPSA) is 76.2 Å². The lowest BCUT2D eigenvalue weighted by molar-refractivity contribution is -0.132. The third kappa shape index (κ3) is 2.30. The van der Waals surface area contributed by atoms with Gasteiger partial charge in [-0.1, -0.05) is 0 Å². The fraction of sp³-hybridized carbons (Fsp3) is 0.111. The molecule has 0 unspecified atom stereocenters. The van der Waals surface area contributed by atoms with Gasteiger partial charge in [0.1, 0.15) is 0 Å². The van der Waals surface area contributed by atoms with Gasteiger partial charge in [-0.3, -0.25) is 4.98 Å². The average molecular weight is 178 g/mol. The molecule has 3 N–H and O–H groups in total. The molecular formula is C9H10N2O2. The van der Waals surface area contributed by atoms with Crippen molar-refractivity contribution in [2.24, 2.45) is 0 Å². The maximum atomic E-state index is 10.5. The Morgan fingerprint density at radius 3 is 2.92 bits per heavy atom. The largest absolute Gasteiger partial charge is 0.478 e. The van der Waals surface area contributed by atoms with Gasteiger partial charge in [-0.25, -0.2) is 4.79 Å². The van der Waals surface area contributed by atoms with E-state index >= 15 is 0 Å². The highest BCUT2D eigenvalue weighted by Gasteiger charge is 2.01. The maximum absolute atomic E-state index is 10.5. The smallest absolute Gasteiger partial charge is 0.331 e. The van der Waals surface area contributed by atoms with Crippen LogP contribution in [0.2, 0.25) is 0 Å². The van der Waals surface area contributed by atoms with Crippen molar-refractivity contribution in [1.29, 1.82) is 0 Å². The van der Waals surface area contributed by atoms with Crippen molar-refractivity contribution in [3.63, 3.8) is 0 Å². The predicted molar refractivity (Wildman–Crippen MR) is 49.9 cm³/mol. The number of anilines is 1. The van der Waals surface area contributed by atoms with Crippen LogP contribution >= 0.6 is 0 Å². The van der Waals surface area contributed by atoms with Crippen LogP contribution in [0.1, 0.15) is 12.5 Å². The summed E-state index contributed by atoms with van der Waals surface area (Å²) >= 11 is 0. The Kier molecular flexibility index (Phi) is 2.64. The highest BCUT2D eigenvalue weighted by Crippen LogP contribution is 2.12. The molecule has 0 saturated heterocycles. The van der Waals surface area contributed by atoms with E-state index in [1.54, 1.807) is 12.3 Å². The van der Waals surface area contributed by atoms with Crippen LogP contribution in [0.3, 0.4) is 0 Å². The fourth-order valence-electron chi connectivity index (χ4n) is 0.844. The van der Waals surface area contributed by atoms with Gasteiger partial charge in [0.15, 0.2) is 0 Å². The Morgan fingerprint density at radius 1 is 1.69 bits per heavy atom. The summed E-state index contributed by atoms with van der Waals surface area (Å²) < 4.78 is 0. The molecule has 1 aromatic rings. The van der Waals surface area contributed by atoms with Crippen LogP contribution < -0.4 is 5.73 Å². The molecule has 0 atom stereocenters. The molecule has 0 bridgehead atoms. The number of pyridine rings is 1. The number of nitrogens with zero attached hydrogens (tertiary/aromatic N) is 1. The number of aliphatic carboxylic acids is 1. The molecule has 0 fully saturated rings. The minimum absolute atomic E-state index is 0.248. The third-order valence-electron chi connectivity index (χ3n) is 1.60. The van der Waals surface area contributed by atoms with Gasteiger partial charge in [-0.15, -0.1) is 0 Å². The van der Waals surface area contributed by atoms with Crippen LogP contribution in [0.25, 0.3) is 6.08 Å². The summed E-state index contributed by atoms with van der Waals surface area (Å²) in [6.45, 7) is 1.52. The number of carbonyl (C=O) groups is 1. The molecule has 13 heavy (non-hydrogen) atoms. The van der Waals surface area contributed by atoms with Gasteiger partial charge in [0.25, 0.3) is 0 Å². The number of rotatable bonds is 2. The van der Waals surface area contributed by atoms with Gasteiger partial charge >= 0.3 is 5.97 Å². The third-order valence-corrected chi connectivity index (χ3v) is 1.60. The molecule has 1 rings (SSSR count). The first kappa shape index (κ1) is 9.25. The van der Waals surface area contributed by atoms with Gasteiger partial charge in [-0.2, -0.15) is 0 Å². The number of nitrogens with two attached hydrogens (primary N) is 1. The van der Waals surface area contributed by atoms with E-state index < -0.39 is 5.97 Å². The zero-order chi connectivity index (χ0) is 9.84. The van der Waals surface area contributed by atoms with Crippen molar-refractivity contribution in [1.82, 2.24) is 4.98 Å². The lowest BCUT2D eigenvalue weighted by Crippen LogP contribution is -1.97. The van der Waals surface area contributed by atoms with E-state index in [0.29, 0.717) is 11.3 Å².